The molecule has 0 N–H and O–H groups in total. The van der Waals surface area contributed by atoms with E-state index in [4.69, 9.17) is 0 Å². The van der Waals surface area contributed by atoms with E-state index in [0.29, 0.717) is 0 Å². The number of carbonyl (C=O) groups is 2. The number of hydrogen-bond acceptors (Lipinski definition) is 4. The molecule has 1 heterocycles. The molecule has 1 atom stereocenters. The summed E-state index contributed by atoms with van der Waals surface area (Å²) in [5, 5.41) is 0. The number of rotatable bonds is 1. The molecule has 11 heavy (non-hydrogen) atoms. The van der Waals surface area contributed by atoms with Gasteiger partial charge in [-0.25, -0.2) is 4.79 Å². The van der Waals surface area contributed by atoms with Gasteiger partial charge in [-0.2, -0.15) is 0 Å². The maximum atomic E-state index is 10.9. The number of ketones is 1. The van der Waals surface area contributed by atoms with Crippen LogP contribution in [0.1, 0.15) is 0 Å². The van der Waals surface area contributed by atoms with Crippen LogP contribution >= 0.6 is 0 Å². The molecule has 58 valence electrons. The van der Waals surface area contributed by atoms with Crippen LogP contribution in [0.2, 0.25) is 0 Å². The molecule has 0 aliphatic carbocycles. The number of ether oxygens (including phenoxy) is 1. The normalized spacial score (nSPS) is 21.9. The van der Waals surface area contributed by atoms with Crippen LogP contribution in [-0.4, -0.2) is 31.1 Å². The Kier molecular flexibility index (Phi) is 2.15. The van der Waals surface area contributed by atoms with Crippen molar-refractivity contribution in [3.8, 4) is 0 Å². The minimum atomic E-state index is -0.981. The van der Waals surface area contributed by atoms with Crippen LogP contribution < -0.4 is 0 Å². The van der Waals surface area contributed by atoms with Crippen molar-refractivity contribution in [3.05, 3.63) is 12.2 Å². The predicted molar refractivity (Wildman–Crippen MR) is 38.4 cm³/mol. The van der Waals surface area contributed by atoms with E-state index in [0.717, 1.165) is 0 Å². The van der Waals surface area contributed by atoms with Crippen molar-refractivity contribution in [3.63, 3.8) is 0 Å². The molecule has 4 heteroatoms. The van der Waals surface area contributed by atoms with Gasteiger partial charge < -0.3 is 4.74 Å². The third kappa shape index (κ3) is 1.52. The summed E-state index contributed by atoms with van der Waals surface area (Å²) in [5.41, 5.74) is 0. The highest BCUT2D eigenvalue weighted by atomic mass is 16.5. The smallest absolute Gasteiger partial charge is 0.338 e. The van der Waals surface area contributed by atoms with Crippen molar-refractivity contribution in [1.82, 2.24) is 0 Å². The first-order chi connectivity index (χ1) is 5.25. The number of aliphatic imine (C=N–C) groups is 1. The highest BCUT2D eigenvalue weighted by Crippen LogP contribution is 2.00. The summed E-state index contributed by atoms with van der Waals surface area (Å²) in [4.78, 5) is 25.3. The van der Waals surface area contributed by atoms with E-state index < -0.39 is 12.0 Å². The van der Waals surface area contributed by atoms with Gasteiger partial charge in [0.05, 0.1) is 7.11 Å². The van der Waals surface area contributed by atoms with Crippen molar-refractivity contribution in [2.24, 2.45) is 4.99 Å². The molecule has 0 spiro atoms. The molecule has 0 bridgehead atoms. The van der Waals surface area contributed by atoms with E-state index in [9.17, 15) is 9.59 Å². The second-order valence-corrected chi connectivity index (χ2v) is 1.99. The first-order valence-electron chi connectivity index (χ1n) is 3.07. The lowest BCUT2D eigenvalue weighted by Gasteiger charge is -2.07. The lowest BCUT2D eigenvalue weighted by Crippen LogP contribution is -2.29. The van der Waals surface area contributed by atoms with Gasteiger partial charge in [0.25, 0.3) is 0 Å². The Morgan fingerprint density at radius 2 is 2.45 bits per heavy atom. The number of dihydropyridines is 1. The Morgan fingerprint density at radius 3 is 3.00 bits per heavy atom. The van der Waals surface area contributed by atoms with Crippen LogP contribution in [0.25, 0.3) is 0 Å². The summed E-state index contributed by atoms with van der Waals surface area (Å²) in [5.74, 6) is -0.949. The number of nitrogens with zero attached hydrogens (tertiary/aromatic N) is 1. The number of methoxy groups -OCH3 is 1. The molecule has 1 aliphatic rings. The Bertz CT molecular complexity index is 242. The second-order valence-electron chi connectivity index (χ2n) is 1.99. The number of allylic oxidation sites excluding steroid dienone is 1. The topological polar surface area (TPSA) is 55.7 Å². The predicted octanol–water partition coefficient (Wildman–Crippen LogP) is -0.262. The molecular weight excluding hydrogens is 146 g/mol. The Labute approximate surface area is 63.6 Å². The zero-order valence-electron chi connectivity index (χ0n) is 5.98. The zero-order chi connectivity index (χ0) is 8.27. The molecule has 0 amide bonds. The van der Waals surface area contributed by atoms with Gasteiger partial charge in [-0.1, -0.05) is 0 Å². The van der Waals surface area contributed by atoms with Crippen molar-refractivity contribution in [2.45, 2.75) is 6.04 Å². The molecule has 0 fully saturated rings. The second kappa shape index (κ2) is 3.09. The van der Waals surface area contributed by atoms with Gasteiger partial charge in [0.15, 0.2) is 5.78 Å². The third-order valence-corrected chi connectivity index (χ3v) is 1.28. The molecule has 0 aromatic rings. The summed E-state index contributed by atoms with van der Waals surface area (Å²) < 4.78 is 4.35. The van der Waals surface area contributed by atoms with E-state index in [-0.39, 0.29) is 5.78 Å². The fraction of sp³-hybridized carbons (Fsp3) is 0.286. The van der Waals surface area contributed by atoms with Crippen LogP contribution in [0.3, 0.4) is 0 Å². The molecule has 0 aromatic carbocycles. The minimum absolute atomic E-state index is 0.334. The van der Waals surface area contributed by atoms with Crippen molar-refractivity contribution >= 4 is 18.0 Å². The Hall–Kier alpha value is -1.45. The quantitative estimate of drug-likeness (QED) is 0.385. The Morgan fingerprint density at radius 1 is 1.73 bits per heavy atom. The van der Waals surface area contributed by atoms with Crippen molar-refractivity contribution < 1.29 is 14.3 Å². The maximum Gasteiger partial charge on any atom is 0.338 e. The molecule has 0 aromatic heterocycles. The summed E-state index contributed by atoms with van der Waals surface area (Å²) in [6.07, 6.45) is 4.19. The molecule has 1 aliphatic heterocycles. The highest BCUT2D eigenvalue weighted by Gasteiger charge is 2.25. The minimum Gasteiger partial charge on any atom is -0.467 e. The van der Waals surface area contributed by atoms with E-state index in [2.05, 4.69) is 9.73 Å². The van der Waals surface area contributed by atoms with E-state index in [1.807, 2.05) is 0 Å². The first-order valence-corrected chi connectivity index (χ1v) is 3.07. The van der Waals surface area contributed by atoms with Gasteiger partial charge in [0.1, 0.15) is 0 Å². The fourth-order valence-corrected chi connectivity index (χ4v) is 0.727. The first kappa shape index (κ1) is 7.65. The summed E-state index contributed by atoms with van der Waals surface area (Å²) in [7, 11) is 1.23. The van der Waals surface area contributed by atoms with Crippen molar-refractivity contribution in [2.75, 3.05) is 7.11 Å². The van der Waals surface area contributed by atoms with E-state index in [1.165, 1.54) is 25.5 Å². The average Bonchev–Trinajstić information content (AvgIpc) is 2.04. The molecule has 1 unspecified atom stereocenters. The largest absolute Gasteiger partial charge is 0.467 e. The van der Waals surface area contributed by atoms with Crippen molar-refractivity contribution in [1.29, 1.82) is 0 Å². The van der Waals surface area contributed by atoms with Gasteiger partial charge in [-0.3, -0.25) is 9.79 Å². The molecule has 0 saturated heterocycles. The number of carbonyl (C=O) groups excluding carboxylic acids is 2. The average molecular weight is 153 g/mol. The summed E-state index contributed by atoms with van der Waals surface area (Å²) in [6.45, 7) is 0. The monoisotopic (exact) mass is 153 g/mol. The number of hydrogen-bond donors (Lipinski definition) is 0. The third-order valence-electron chi connectivity index (χ3n) is 1.28. The molecular formula is C7H7NO3. The van der Waals surface area contributed by atoms with Crippen LogP contribution in [0.4, 0.5) is 0 Å². The SMILES string of the molecule is COC(=O)C1N=CC=CC1=O. The molecule has 0 saturated carbocycles. The standard InChI is InChI=1S/C7H7NO3/c1-11-7(10)6-5(9)3-2-4-8-6/h2-4,6H,1H3. The zero-order valence-corrected chi connectivity index (χ0v) is 5.98. The van der Waals surface area contributed by atoms with Gasteiger partial charge in [-0.15, -0.1) is 0 Å². The van der Waals surface area contributed by atoms with Crippen LogP contribution in [0, 0.1) is 0 Å². The molecule has 4 nitrogen and oxygen atoms in total. The van der Waals surface area contributed by atoms with E-state index in [1.54, 1.807) is 0 Å². The van der Waals surface area contributed by atoms with Gasteiger partial charge >= 0.3 is 5.97 Å². The molecule has 0 radical (unpaired) electrons. The molecule has 1 rings (SSSR count). The summed E-state index contributed by atoms with van der Waals surface area (Å²) >= 11 is 0. The lowest BCUT2D eigenvalue weighted by molar-refractivity contribution is -0.144. The van der Waals surface area contributed by atoms with Gasteiger partial charge in [-0.05, 0) is 12.2 Å². The van der Waals surface area contributed by atoms with Crippen LogP contribution in [0.15, 0.2) is 17.1 Å². The van der Waals surface area contributed by atoms with Gasteiger partial charge in [0, 0.05) is 6.21 Å². The van der Waals surface area contributed by atoms with Crippen LogP contribution in [-0.2, 0) is 14.3 Å². The maximum absolute atomic E-state index is 10.9. The highest BCUT2D eigenvalue weighted by molar-refractivity contribution is 6.12. The number of esters is 1. The lowest BCUT2D eigenvalue weighted by atomic mass is 10.1. The van der Waals surface area contributed by atoms with Crippen LogP contribution in [0.5, 0.6) is 0 Å². The Balaban J connectivity index is 2.73. The van der Waals surface area contributed by atoms with Gasteiger partial charge in [0.2, 0.25) is 6.04 Å². The van der Waals surface area contributed by atoms with E-state index >= 15 is 0 Å². The fourth-order valence-electron chi connectivity index (χ4n) is 0.727. The summed E-state index contributed by atoms with van der Waals surface area (Å²) in [6, 6.07) is -0.981.